The van der Waals surface area contributed by atoms with Crippen LogP contribution >= 0.6 is 0 Å². The summed E-state index contributed by atoms with van der Waals surface area (Å²) in [5.74, 6) is -0.193. The monoisotopic (exact) mass is 510 g/mol. The lowest BCUT2D eigenvalue weighted by Crippen LogP contribution is -2.16. The molecule has 4 rings (SSSR count). The molecule has 0 aliphatic rings. The van der Waals surface area contributed by atoms with Crippen molar-refractivity contribution in [3.05, 3.63) is 72.1 Å². The number of nitrogens with one attached hydrogen (secondary N) is 1. The van der Waals surface area contributed by atoms with Gasteiger partial charge in [0.1, 0.15) is 11.9 Å². The molecule has 1 atom stereocenters. The lowest BCUT2D eigenvalue weighted by atomic mass is 10.00. The zero-order valence-corrected chi connectivity index (χ0v) is 18.0. The van der Waals surface area contributed by atoms with Gasteiger partial charge in [0.2, 0.25) is 0 Å². The fraction of sp³-hybridized carbons (Fsp3) is 0.174. The molecule has 0 fully saturated rings. The number of aliphatic hydroxyl groups excluding tert-OH is 2. The van der Waals surface area contributed by atoms with Gasteiger partial charge in [-0.25, -0.2) is 0 Å². The molecule has 0 radical (unpaired) electrons. The topological polar surface area (TPSA) is 100 Å². The number of alkyl halides is 6. The van der Waals surface area contributed by atoms with Crippen molar-refractivity contribution in [1.82, 2.24) is 15.2 Å². The summed E-state index contributed by atoms with van der Waals surface area (Å²) in [7, 11) is 0. The number of halogens is 6. The second-order valence-electron chi connectivity index (χ2n) is 7.55. The summed E-state index contributed by atoms with van der Waals surface area (Å²) in [6.45, 7) is -0.763. The van der Waals surface area contributed by atoms with Crippen LogP contribution in [-0.2, 0) is 6.18 Å². The van der Waals surface area contributed by atoms with E-state index in [0.717, 1.165) is 24.4 Å². The highest BCUT2D eigenvalue weighted by molar-refractivity contribution is 5.95. The van der Waals surface area contributed by atoms with E-state index in [9.17, 15) is 31.4 Å². The molecule has 0 aliphatic carbocycles. The molecule has 0 spiro atoms. The Balaban J connectivity index is 1.67. The molecule has 36 heavy (non-hydrogen) atoms. The molecule has 0 unspecified atom stereocenters. The van der Waals surface area contributed by atoms with E-state index in [1.807, 2.05) is 0 Å². The zero-order valence-electron chi connectivity index (χ0n) is 18.0. The van der Waals surface area contributed by atoms with Crippen LogP contribution in [0.3, 0.4) is 0 Å². The van der Waals surface area contributed by atoms with E-state index in [1.54, 1.807) is 0 Å². The molecule has 188 valence electrons. The first-order valence-electron chi connectivity index (χ1n) is 10.2. The zero-order chi connectivity index (χ0) is 26.1. The maximum Gasteiger partial charge on any atom is 0.573 e. The highest BCUT2D eigenvalue weighted by Gasteiger charge is 2.35. The lowest BCUT2D eigenvalue weighted by molar-refractivity contribution is -0.274. The average molecular weight is 510 g/mol. The summed E-state index contributed by atoms with van der Waals surface area (Å²) in [5.41, 5.74) is -1.17. The van der Waals surface area contributed by atoms with Crippen molar-refractivity contribution >= 4 is 22.3 Å². The summed E-state index contributed by atoms with van der Waals surface area (Å²) >= 11 is 0. The molecule has 2 heterocycles. The van der Waals surface area contributed by atoms with E-state index in [-0.39, 0.29) is 22.6 Å². The van der Waals surface area contributed by atoms with Crippen molar-refractivity contribution in [3.63, 3.8) is 0 Å². The van der Waals surface area contributed by atoms with Gasteiger partial charge in [0, 0.05) is 33.8 Å². The van der Waals surface area contributed by atoms with Crippen molar-refractivity contribution in [3.8, 4) is 17.0 Å². The van der Waals surface area contributed by atoms with Crippen molar-refractivity contribution in [2.24, 2.45) is 0 Å². The van der Waals surface area contributed by atoms with Gasteiger partial charge in [-0.15, -0.1) is 18.3 Å². The van der Waals surface area contributed by atoms with E-state index in [2.05, 4.69) is 25.2 Å². The molecule has 0 bridgehead atoms. The molecule has 2 aromatic carbocycles. The van der Waals surface area contributed by atoms with Crippen LogP contribution in [0, 0.1) is 0 Å². The number of hydrogen-bond acceptors (Lipinski definition) is 7. The summed E-state index contributed by atoms with van der Waals surface area (Å²) in [4.78, 5) is 3.88. The van der Waals surface area contributed by atoms with E-state index in [0.29, 0.717) is 16.5 Å². The summed E-state index contributed by atoms with van der Waals surface area (Å²) < 4.78 is 82.0. The minimum Gasteiger partial charge on any atom is -0.406 e. The van der Waals surface area contributed by atoms with Crippen LogP contribution in [0.2, 0.25) is 0 Å². The van der Waals surface area contributed by atoms with Gasteiger partial charge < -0.3 is 20.3 Å². The van der Waals surface area contributed by atoms with E-state index < -0.39 is 36.6 Å². The number of ether oxygens (including phenoxy) is 1. The van der Waals surface area contributed by atoms with Crippen LogP contribution in [0.25, 0.3) is 22.0 Å². The molecule has 3 N–H and O–H groups in total. The Labute approximate surface area is 199 Å². The summed E-state index contributed by atoms with van der Waals surface area (Å²) in [6, 6.07) is 9.93. The molecule has 7 nitrogen and oxygen atoms in total. The van der Waals surface area contributed by atoms with Crippen molar-refractivity contribution in [2.45, 2.75) is 18.6 Å². The standard InChI is InChI=1S/C23H16F6N4O3/c24-22(25,26)18-8-14(19(35)11-34)9-30-20(18)12-1-6-17-13(7-12)10-31-33-21(17)32-15-2-4-16(5-3-15)36-23(27,28)29/h1-10,19,34-35H,11H2,(H,32,33)/t19-/m1/s1. The predicted molar refractivity (Wildman–Crippen MR) is 116 cm³/mol. The Hall–Kier alpha value is -3.97. The Morgan fingerprint density at radius 1 is 0.944 bits per heavy atom. The quantitative estimate of drug-likeness (QED) is 0.300. The van der Waals surface area contributed by atoms with Gasteiger partial charge in [-0.1, -0.05) is 6.07 Å². The van der Waals surface area contributed by atoms with Gasteiger partial charge in [0.25, 0.3) is 0 Å². The Kier molecular flexibility index (Phi) is 6.69. The second-order valence-corrected chi connectivity index (χ2v) is 7.55. The molecule has 4 aromatic rings. The number of rotatable bonds is 6. The van der Waals surface area contributed by atoms with Crippen molar-refractivity contribution in [1.29, 1.82) is 0 Å². The molecule has 0 saturated carbocycles. The lowest BCUT2D eigenvalue weighted by Gasteiger charge is -2.16. The minimum absolute atomic E-state index is 0.118. The third kappa shape index (κ3) is 5.63. The second kappa shape index (κ2) is 9.59. The molecular formula is C23H16F6N4O3. The van der Waals surface area contributed by atoms with Crippen LogP contribution < -0.4 is 10.1 Å². The first kappa shape index (κ1) is 25.1. The van der Waals surface area contributed by atoms with E-state index in [1.165, 1.54) is 36.5 Å². The number of pyridine rings is 1. The fourth-order valence-corrected chi connectivity index (χ4v) is 3.42. The maximum absolute atomic E-state index is 13.7. The molecule has 13 heteroatoms. The van der Waals surface area contributed by atoms with Gasteiger partial charge in [-0.05, 0) is 42.5 Å². The van der Waals surface area contributed by atoms with Crippen LogP contribution in [0.15, 0.2) is 60.9 Å². The van der Waals surface area contributed by atoms with Crippen LogP contribution in [0.1, 0.15) is 17.2 Å². The summed E-state index contributed by atoms with van der Waals surface area (Å²) in [6.07, 6.45) is -8.73. The van der Waals surface area contributed by atoms with E-state index in [4.69, 9.17) is 5.11 Å². The highest BCUT2D eigenvalue weighted by Crippen LogP contribution is 2.38. The number of anilines is 2. The molecule has 0 saturated heterocycles. The Morgan fingerprint density at radius 3 is 2.31 bits per heavy atom. The number of fused-ring (bicyclic) bond motifs is 1. The predicted octanol–water partition coefficient (Wildman–Crippen LogP) is 5.38. The normalized spacial score (nSPS) is 13.0. The maximum atomic E-state index is 13.7. The Morgan fingerprint density at radius 2 is 1.67 bits per heavy atom. The number of aromatic nitrogens is 3. The average Bonchev–Trinajstić information content (AvgIpc) is 2.83. The van der Waals surface area contributed by atoms with Crippen molar-refractivity contribution in [2.75, 3.05) is 11.9 Å². The van der Waals surface area contributed by atoms with Crippen LogP contribution in [-0.4, -0.2) is 38.4 Å². The molecule has 2 aromatic heterocycles. The third-order valence-corrected chi connectivity index (χ3v) is 5.06. The van der Waals surface area contributed by atoms with Gasteiger partial charge in [-0.3, -0.25) is 4.98 Å². The highest BCUT2D eigenvalue weighted by atomic mass is 19.4. The third-order valence-electron chi connectivity index (χ3n) is 5.06. The molecule has 0 amide bonds. The largest absolute Gasteiger partial charge is 0.573 e. The van der Waals surface area contributed by atoms with Gasteiger partial charge in [0.15, 0.2) is 5.82 Å². The van der Waals surface area contributed by atoms with Gasteiger partial charge in [0.05, 0.1) is 24.1 Å². The van der Waals surface area contributed by atoms with E-state index >= 15 is 0 Å². The summed E-state index contributed by atoms with van der Waals surface area (Å²) in [5, 5.41) is 30.3. The fourth-order valence-electron chi connectivity index (χ4n) is 3.42. The Bertz CT molecular complexity index is 1380. The number of nitrogens with zero attached hydrogens (tertiary/aromatic N) is 3. The first-order valence-corrected chi connectivity index (χ1v) is 10.2. The molecular weight excluding hydrogens is 494 g/mol. The number of benzene rings is 2. The SMILES string of the molecule is OC[C@@H](O)c1cnc(-c2ccc3c(Nc4ccc(OC(F)(F)F)cc4)nncc3c2)c(C(F)(F)F)c1. The van der Waals surface area contributed by atoms with Crippen LogP contribution in [0.4, 0.5) is 37.8 Å². The first-order chi connectivity index (χ1) is 16.9. The molecule has 0 aliphatic heterocycles. The number of hydrogen-bond donors (Lipinski definition) is 3. The van der Waals surface area contributed by atoms with Crippen molar-refractivity contribution < 1.29 is 41.3 Å². The smallest absolute Gasteiger partial charge is 0.406 e. The van der Waals surface area contributed by atoms with Gasteiger partial charge >= 0.3 is 12.5 Å². The minimum atomic E-state index is -4.83. The van der Waals surface area contributed by atoms with Gasteiger partial charge in [-0.2, -0.15) is 18.3 Å². The number of aliphatic hydroxyl groups is 2. The van der Waals surface area contributed by atoms with Crippen LogP contribution in [0.5, 0.6) is 5.75 Å².